The number of carbonyl (C=O) groups excluding carboxylic acids is 1. The Kier molecular flexibility index (Phi) is 5.89. The smallest absolute Gasteiger partial charge is 0.319 e. The second kappa shape index (κ2) is 7.05. The third-order valence-electron chi connectivity index (χ3n) is 2.66. The van der Waals surface area contributed by atoms with Gasteiger partial charge in [-0.25, -0.2) is 26.7 Å². The number of hydrogen-bond acceptors (Lipinski definition) is 2. The number of carbonyl (C=O) groups is 1. The Labute approximate surface area is 124 Å². The summed E-state index contributed by atoms with van der Waals surface area (Å²) in [6.07, 6.45) is 0.0993. The van der Waals surface area contributed by atoms with Crippen molar-refractivity contribution < 1.29 is 31.2 Å². The molecule has 1 rings (SSSR count). The number of halogens is 5. The maximum absolute atomic E-state index is 13.4. The van der Waals surface area contributed by atoms with Crippen molar-refractivity contribution in [1.82, 2.24) is 5.32 Å². The van der Waals surface area contributed by atoms with Gasteiger partial charge >= 0.3 is 6.03 Å². The van der Waals surface area contributed by atoms with Gasteiger partial charge in [0.1, 0.15) is 5.69 Å². The Morgan fingerprint density at radius 2 is 1.45 bits per heavy atom. The van der Waals surface area contributed by atoms with E-state index in [0.29, 0.717) is 6.61 Å². The zero-order chi connectivity index (χ0) is 17.1. The van der Waals surface area contributed by atoms with E-state index in [0.717, 1.165) is 0 Å². The summed E-state index contributed by atoms with van der Waals surface area (Å²) in [5, 5.41) is 3.90. The molecule has 4 nitrogen and oxygen atoms in total. The fourth-order valence-electron chi connectivity index (χ4n) is 1.61. The van der Waals surface area contributed by atoms with Gasteiger partial charge in [0.2, 0.25) is 14.1 Å². The number of nitrogens with one attached hydrogen (secondary N) is 2. The minimum Gasteiger partial charge on any atom is -0.416 e. The molecule has 0 aromatic heterocycles. The van der Waals surface area contributed by atoms with Gasteiger partial charge in [0.05, 0.1) is 0 Å². The van der Waals surface area contributed by atoms with Gasteiger partial charge in [-0.2, -0.15) is 0 Å². The number of anilines is 1. The van der Waals surface area contributed by atoms with Crippen LogP contribution in [0, 0.1) is 29.1 Å². The molecule has 0 unspecified atom stereocenters. The zero-order valence-corrected chi connectivity index (χ0v) is 13.1. The molecule has 0 bridgehead atoms. The predicted molar refractivity (Wildman–Crippen MR) is 72.4 cm³/mol. The molecule has 0 aliphatic carbocycles. The Morgan fingerprint density at radius 3 is 1.91 bits per heavy atom. The van der Waals surface area contributed by atoms with E-state index >= 15 is 0 Å². The van der Waals surface area contributed by atoms with Crippen molar-refractivity contribution in [3.8, 4) is 0 Å². The Hall–Kier alpha value is -1.68. The van der Waals surface area contributed by atoms with Crippen molar-refractivity contribution in [2.24, 2.45) is 0 Å². The van der Waals surface area contributed by atoms with Gasteiger partial charge in [-0.1, -0.05) is 0 Å². The minimum atomic E-state index is -2.29. The Bertz CT molecular complexity index is 554. The second-order valence-corrected chi connectivity index (χ2v) is 9.11. The standard InChI is InChI=1S/C12H15F5N2O2Si/c1-4-21-22(2,3)5-18-12(20)19-11-9(16)7(14)6(13)8(15)10(11)17/h4-5H2,1-3H3,(H2,18,19,20). The molecule has 0 atom stereocenters. The topological polar surface area (TPSA) is 50.4 Å². The summed E-state index contributed by atoms with van der Waals surface area (Å²) >= 11 is 0. The van der Waals surface area contributed by atoms with Gasteiger partial charge < -0.3 is 15.1 Å². The lowest BCUT2D eigenvalue weighted by atomic mass is 10.2. The summed E-state index contributed by atoms with van der Waals surface area (Å²) in [5.74, 6) is -10.7. The molecule has 10 heteroatoms. The lowest BCUT2D eigenvalue weighted by molar-refractivity contribution is 0.251. The molecule has 1 aromatic carbocycles. The molecule has 0 heterocycles. The van der Waals surface area contributed by atoms with Crippen molar-refractivity contribution in [2.75, 3.05) is 18.1 Å². The molecule has 1 aromatic rings. The summed E-state index contributed by atoms with van der Waals surface area (Å²) in [6, 6.07) is -1.09. The minimum absolute atomic E-state index is 0.0993. The highest BCUT2D eigenvalue weighted by atomic mass is 28.4. The van der Waals surface area contributed by atoms with E-state index in [1.165, 1.54) is 0 Å². The van der Waals surface area contributed by atoms with Crippen LogP contribution >= 0.6 is 0 Å². The molecular formula is C12H15F5N2O2Si. The van der Waals surface area contributed by atoms with E-state index in [4.69, 9.17) is 4.43 Å². The average molecular weight is 342 g/mol. The number of rotatable bonds is 5. The van der Waals surface area contributed by atoms with Crippen molar-refractivity contribution in [3.63, 3.8) is 0 Å². The van der Waals surface area contributed by atoms with Gasteiger partial charge in [0, 0.05) is 12.8 Å². The fraction of sp³-hybridized carbons (Fsp3) is 0.417. The summed E-state index contributed by atoms with van der Waals surface area (Å²) in [4.78, 5) is 11.5. The number of amides is 2. The van der Waals surface area contributed by atoms with Crippen molar-refractivity contribution in [2.45, 2.75) is 20.0 Å². The van der Waals surface area contributed by atoms with Gasteiger partial charge in [-0.3, -0.25) is 0 Å². The summed E-state index contributed by atoms with van der Waals surface area (Å²) in [6.45, 7) is 5.77. The number of hydrogen-bond donors (Lipinski definition) is 2. The van der Waals surface area contributed by atoms with Gasteiger partial charge in [0.15, 0.2) is 23.3 Å². The van der Waals surface area contributed by atoms with Crippen molar-refractivity contribution in [1.29, 1.82) is 0 Å². The molecule has 2 N–H and O–H groups in total. The quantitative estimate of drug-likeness (QED) is 0.373. The molecule has 0 fully saturated rings. The lowest BCUT2D eigenvalue weighted by Gasteiger charge is -2.22. The van der Waals surface area contributed by atoms with Crippen LogP contribution < -0.4 is 10.6 Å². The van der Waals surface area contributed by atoms with Crippen molar-refractivity contribution >= 4 is 20.0 Å². The van der Waals surface area contributed by atoms with Gasteiger partial charge in [0.25, 0.3) is 0 Å². The van der Waals surface area contributed by atoms with Crippen LogP contribution in [-0.2, 0) is 4.43 Å². The van der Waals surface area contributed by atoms with Crippen LogP contribution in [0.25, 0.3) is 0 Å². The third-order valence-corrected chi connectivity index (χ3v) is 4.76. The maximum atomic E-state index is 13.4. The molecular weight excluding hydrogens is 327 g/mol. The highest BCUT2D eigenvalue weighted by Gasteiger charge is 2.28. The zero-order valence-electron chi connectivity index (χ0n) is 12.1. The average Bonchev–Trinajstić information content (AvgIpc) is 2.45. The van der Waals surface area contributed by atoms with E-state index in [1.54, 1.807) is 25.3 Å². The van der Waals surface area contributed by atoms with E-state index < -0.39 is 49.1 Å². The first-order valence-electron chi connectivity index (χ1n) is 6.31. The van der Waals surface area contributed by atoms with E-state index in [1.807, 2.05) is 0 Å². The molecule has 22 heavy (non-hydrogen) atoms. The summed E-state index contributed by atoms with van der Waals surface area (Å²) in [5.41, 5.74) is -1.40. The van der Waals surface area contributed by atoms with Crippen LogP contribution in [0.2, 0.25) is 13.1 Å². The van der Waals surface area contributed by atoms with Gasteiger partial charge in [-0.15, -0.1) is 0 Å². The van der Waals surface area contributed by atoms with Gasteiger partial charge in [-0.05, 0) is 20.0 Å². The van der Waals surface area contributed by atoms with Crippen LogP contribution in [0.15, 0.2) is 0 Å². The van der Waals surface area contributed by atoms with Crippen molar-refractivity contribution in [3.05, 3.63) is 29.1 Å². The van der Waals surface area contributed by atoms with Crippen LogP contribution in [-0.4, -0.2) is 27.1 Å². The lowest BCUT2D eigenvalue weighted by Crippen LogP contribution is -2.46. The van der Waals surface area contributed by atoms with E-state index in [9.17, 15) is 26.7 Å². The summed E-state index contributed by atoms with van der Waals surface area (Å²) in [7, 11) is -2.21. The Balaban J connectivity index is 2.86. The summed E-state index contributed by atoms with van der Waals surface area (Å²) < 4.78 is 71.0. The largest absolute Gasteiger partial charge is 0.416 e. The molecule has 0 radical (unpaired) electrons. The second-order valence-electron chi connectivity index (χ2n) is 4.95. The number of urea groups is 1. The van der Waals surface area contributed by atoms with Crippen LogP contribution in [0.3, 0.4) is 0 Å². The number of benzene rings is 1. The van der Waals surface area contributed by atoms with Crippen LogP contribution in [0.5, 0.6) is 0 Å². The van der Waals surface area contributed by atoms with Crippen LogP contribution in [0.1, 0.15) is 6.92 Å². The molecule has 0 saturated heterocycles. The normalized spacial score (nSPS) is 11.5. The molecule has 0 saturated carbocycles. The highest BCUT2D eigenvalue weighted by Crippen LogP contribution is 2.26. The first-order valence-corrected chi connectivity index (χ1v) is 9.42. The SMILES string of the molecule is CCO[Si](C)(C)CNC(=O)Nc1c(F)c(F)c(F)c(F)c1F. The van der Waals surface area contributed by atoms with Crippen LogP contribution in [0.4, 0.5) is 32.4 Å². The molecule has 0 aliphatic rings. The third kappa shape index (κ3) is 4.16. The first-order chi connectivity index (χ1) is 10.1. The Morgan fingerprint density at radius 1 is 1.00 bits per heavy atom. The first kappa shape index (κ1) is 18.4. The molecule has 124 valence electrons. The maximum Gasteiger partial charge on any atom is 0.319 e. The molecule has 0 spiro atoms. The predicted octanol–water partition coefficient (Wildman–Crippen LogP) is 3.28. The van der Waals surface area contributed by atoms with E-state index in [2.05, 4.69) is 5.32 Å². The molecule has 0 aliphatic heterocycles. The molecule has 2 amide bonds. The van der Waals surface area contributed by atoms with E-state index in [-0.39, 0.29) is 6.17 Å². The fourth-order valence-corrected chi connectivity index (χ4v) is 3.08. The highest BCUT2D eigenvalue weighted by molar-refractivity contribution is 6.71. The monoisotopic (exact) mass is 342 g/mol.